The van der Waals surface area contributed by atoms with Gasteiger partial charge in [0.1, 0.15) is 0 Å². The average molecular weight is 297 g/mol. The lowest BCUT2D eigenvalue weighted by Crippen LogP contribution is -2.29. The Kier molecular flexibility index (Phi) is 5.25. The number of hydrogen-bond acceptors (Lipinski definition) is 3. The van der Waals surface area contributed by atoms with Gasteiger partial charge in [0.2, 0.25) is 0 Å². The summed E-state index contributed by atoms with van der Waals surface area (Å²) in [6.45, 7) is 4.03. The summed E-state index contributed by atoms with van der Waals surface area (Å²) in [5.41, 5.74) is 3.25. The number of carbonyl (C=O) groups is 2. The molecular formula is C17H19N3O2. The molecule has 1 aromatic carbocycles. The van der Waals surface area contributed by atoms with Crippen LogP contribution in [0, 0.1) is 0 Å². The molecule has 22 heavy (non-hydrogen) atoms. The molecule has 5 heteroatoms. The number of benzene rings is 1. The van der Waals surface area contributed by atoms with Crippen molar-refractivity contribution in [3.63, 3.8) is 0 Å². The van der Waals surface area contributed by atoms with Gasteiger partial charge in [0, 0.05) is 11.9 Å². The van der Waals surface area contributed by atoms with Crippen molar-refractivity contribution in [1.82, 2.24) is 4.98 Å². The molecule has 5 nitrogen and oxygen atoms in total. The Morgan fingerprint density at radius 1 is 0.955 bits per heavy atom. The molecule has 0 spiro atoms. The maximum atomic E-state index is 12.1. The van der Waals surface area contributed by atoms with E-state index in [4.69, 9.17) is 0 Å². The van der Waals surface area contributed by atoms with Crippen LogP contribution in [0.2, 0.25) is 0 Å². The Balaban J connectivity index is 2.13. The first-order valence-corrected chi connectivity index (χ1v) is 7.28. The number of hydrogen-bond donors (Lipinski definition) is 2. The van der Waals surface area contributed by atoms with Crippen molar-refractivity contribution >= 4 is 23.2 Å². The second-order valence-electron chi connectivity index (χ2n) is 4.81. The van der Waals surface area contributed by atoms with Crippen molar-refractivity contribution in [3.05, 3.63) is 53.9 Å². The van der Waals surface area contributed by atoms with E-state index in [-0.39, 0.29) is 0 Å². The van der Waals surface area contributed by atoms with E-state index in [1.165, 1.54) is 6.20 Å². The van der Waals surface area contributed by atoms with Gasteiger partial charge in [0.15, 0.2) is 0 Å². The first kappa shape index (κ1) is 15.7. The Morgan fingerprint density at radius 3 is 2.14 bits per heavy atom. The summed E-state index contributed by atoms with van der Waals surface area (Å²) in [7, 11) is 0. The molecule has 0 aliphatic rings. The lowest BCUT2D eigenvalue weighted by Gasteiger charge is -2.14. The molecule has 2 aromatic rings. The number of rotatable bonds is 4. The monoisotopic (exact) mass is 297 g/mol. The van der Waals surface area contributed by atoms with Crippen LogP contribution in [-0.2, 0) is 22.4 Å². The van der Waals surface area contributed by atoms with Crippen LogP contribution in [0.4, 0.5) is 11.4 Å². The van der Waals surface area contributed by atoms with Crippen LogP contribution in [0.3, 0.4) is 0 Å². The van der Waals surface area contributed by atoms with Gasteiger partial charge in [0.25, 0.3) is 0 Å². The van der Waals surface area contributed by atoms with Crippen LogP contribution in [0.15, 0.2) is 42.7 Å². The number of pyridine rings is 1. The molecule has 2 N–H and O–H groups in total. The fourth-order valence-corrected chi connectivity index (χ4v) is 2.20. The summed E-state index contributed by atoms with van der Waals surface area (Å²) in [4.78, 5) is 28.0. The third kappa shape index (κ3) is 3.69. The third-order valence-electron chi connectivity index (χ3n) is 3.36. The lowest BCUT2D eigenvalue weighted by molar-refractivity contribution is -0.133. The van der Waals surface area contributed by atoms with E-state index in [1.807, 2.05) is 32.0 Å². The summed E-state index contributed by atoms with van der Waals surface area (Å²) in [6.07, 6.45) is 4.66. The summed E-state index contributed by atoms with van der Waals surface area (Å²) in [5, 5.41) is 5.25. The maximum Gasteiger partial charge on any atom is 0.314 e. The average Bonchev–Trinajstić information content (AvgIpc) is 2.55. The Bertz CT molecular complexity index is 647. The maximum absolute atomic E-state index is 12.1. The van der Waals surface area contributed by atoms with Crippen molar-refractivity contribution < 1.29 is 9.59 Å². The molecule has 0 bridgehead atoms. The Hall–Kier alpha value is -2.69. The minimum absolute atomic E-state index is 0.488. The number of para-hydroxylation sites is 1. The van der Waals surface area contributed by atoms with Crippen molar-refractivity contribution in [2.75, 3.05) is 10.6 Å². The molecule has 1 heterocycles. The van der Waals surface area contributed by atoms with Gasteiger partial charge in [-0.25, -0.2) is 0 Å². The highest BCUT2D eigenvalue weighted by Gasteiger charge is 2.17. The highest BCUT2D eigenvalue weighted by molar-refractivity contribution is 6.43. The number of aromatic nitrogens is 1. The van der Waals surface area contributed by atoms with Gasteiger partial charge >= 0.3 is 11.8 Å². The summed E-state index contributed by atoms with van der Waals surface area (Å²) < 4.78 is 0. The molecule has 0 radical (unpaired) electrons. The van der Waals surface area contributed by atoms with Gasteiger partial charge in [0.05, 0.1) is 11.9 Å². The molecule has 0 aliphatic carbocycles. The second-order valence-corrected chi connectivity index (χ2v) is 4.81. The third-order valence-corrected chi connectivity index (χ3v) is 3.36. The molecular weight excluding hydrogens is 278 g/mol. The Labute approximate surface area is 129 Å². The summed E-state index contributed by atoms with van der Waals surface area (Å²) >= 11 is 0. The number of amides is 2. The molecule has 0 fully saturated rings. The molecule has 0 saturated heterocycles. The molecule has 0 atom stereocenters. The molecule has 0 aliphatic heterocycles. The number of aryl methyl sites for hydroxylation is 2. The Morgan fingerprint density at radius 2 is 1.59 bits per heavy atom. The van der Waals surface area contributed by atoms with Crippen molar-refractivity contribution in [1.29, 1.82) is 0 Å². The van der Waals surface area contributed by atoms with Crippen LogP contribution in [0.1, 0.15) is 25.0 Å². The SMILES string of the molecule is CCc1cccc(CC)c1NC(=O)C(=O)Nc1cccnc1. The van der Waals surface area contributed by atoms with Crippen LogP contribution in [0.5, 0.6) is 0 Å². The zero-order chi connectivity index (χ0) is 15.9. The van der Waals surface area contributed by atoms with Crippen molar-refractivity contribution in [2.24, 2.45) is 0 Å². The highest BCUT2D eigenvalue weighted by Crippen LogP contribution is 2.22. The normalized spacial score (nSPS) is 10.1. The summed E-state index contributed by atoms with van der Waals surface area (Å²) in [5.74, 6) is -1.39. The molecule has 1 aromatic heterocycles. The molecule has 2 rings (SSSR count). The van der Waals surface area contributed by atoms with Crippen LogP contribution in [-0.4, -0.2) is 16.8 Å². The lowest BCUT2D eigenvalue weighted by atomic mass is 10.0. The molecule has 0 saturated carbocycles. The minimum atomic E-state index is -0.707. The minimum Gasteiger partial charge on any atom is -0.317 e. The van der Waals surface area contributed by atoms with E-state index in [0.29, 0.717) is 5.69 Å². The fourth-order valence-electron chi connectivity index (χ4n) is 2.20. The number of anilines is 2. The number of carbonyl (C=O) groups excluding carboxylic acids is 2. The van der Waals surface area contributed by atoms with E-state index in [9.17, 15) is 9.59 Å². The smallest absolute Gasteiger partial charge is 0.314 e. The van der Waals surface area contributed by atoms with Gasteiger partial charge in [-0.15, -0.1) is 0 Å². The standard InChI is InChI=1S/C17H19N3O2/c1-3-12-7-5-8-13(4-2)15(12)20-17(22)16(21)19-14-9-6-10-18-11-14/h5-11H,3-4H2,1-2H3,(H,19,21)(H,20,22). The fraction of sp³-hybridized carbons (Fsp3) is 0.235. The second kappa shape index (κ2) is 7.36. The van der Waals surface area contributed by atoms with E-state index >= 15 is 0 Å². The van der Waals surface area contributed by atoms with Crippen LogP contribution < -0.4 is 10.6 Å². The van der Waals surface area contributed by atoms with Crippen molar-refractivity contribution in [3.8, 4) is 0 Å². The van der Waals surface area contributed by atoms with E-state index in [2.05, 4.69) is 15.6 Å². The topological polar surface area (TPSA) is 71.1 Å². The highest BCUT2D eigenvalue weighted by atomic mass is 16.2. The zero-order valence-corrected chi connectivity index (χ0v) is 12.7. The first-order valence-electron chi connectivity index (χ1n) is 7.28. The summed E-state index contributed by atoms with van der Waals surface area (Å²) in [6, 6.07) is 9.23. The number of nitrogens with one attached hydrogen (secondary N) is 2. The molecule has 2 amide bonds. The van der Waals surface area contributed by atoms with Gasteiger partial charge < -0.3 is 10.6 Å². The van der Waals surface area contributed by atoms with Gasteiger partial charge in [-0.1, -0.05) is 32.0 Å². The molecule has 114 valence electrons. The van der Waals surface area contributed by atoms with Crippen molar-refractivity contribution in [2.45, 2.75) is 26.7 Å². The van der Waals surface area contributed by atoms with E-state index in [0.717, 1.165) is 29.7 Å². The van der Waals surface area contributed by atoms with Gasteiger partial charge in [-0.3, -0.25) is 14.6 Å². The van der Waals surface area contributed by atoms with Gasteiger partial charge in [-0.05, 0) is 36.1 Å². The first-order chi connectivity index (χ1) is 10.7. The zero-order valence-electron chi connectivity index (χ0n) is 12.7. The predicted octanol–water partition coefficient (Wildman–Crippen LogP) is 2.78. The van der Waals surface area contributed by atoms with Gasteiger partial charge in [-0.2, -0.15) is 0 Å². The van der Waals surface area contributed by atoms with E-state index < -0.39 is 11.8 Å². The van der Waals surface area contributed by atoms with E-state index in [1.54, 1.807) is 18.3 Å². The quantitative estimate of drug-likeness (QED) is 0.852. The predicted molar refractivity (Wildman–Crippen MR) is 86.7 cm³/mol. The van der Waals surface area contributed by atoms with Crippen LogP contribution in [0.25, 0.3) is 0 Å². The largest absolute Gasteiger partial charge is 0.317 e. The van der Waals surface area contributed by atoms with Crippen LogP contribution >= 0.6 is 0 Å². The number of nitrogens with zero attached hydrogens (tertiary/aromatic N) is 1. The molecule has 0 unspecified atom stereocenters.